The standard InChI is InChI=1S/C27H29N5O/c1-3-19-32(2)26(33)14-8-10-20-9-4-5-11-23(20)21-15-17-22(18-16-21)24-12-6-7-13-25(24)27-28-30-31-29-27/h4-7,9,11-13,15-18H,3,8,10,14,19H2,1-2H3,(H,28,29,30,31). The van der Waals surface area contributed by atoms with E-state index in [2.05, 4.69) is 82.1 Å². The molecule has 0 aliphatic carbocycles. The van der Waals surface area contributed by atoms with E-state index in [4.69, 9.17) is 0 Å². The van der Waals surface area contributed by atoms with E-state index in [-0.39, 0.29) is 5.91 Å². The summed E-state index contributed by atoms with van der Waals surface area (Å²) in [6, 6.07) is 25.1. The number of hydrogen-bond donors (Lipinski definition) is 1. The van der Waals surface area contributed by atoms with Gasteiger partial charge < -0.3 is 4.90 Å². The van der Waals surface area contributed by atoms with Gasteiger partial charge in [-0.15, -0.1) is 10.2 Å². The molecule has 4 aromatic rings. The minimum absolute atomic E-state index is 0.221. The molecule has 0 saturated carbocycles. The van der Waals surface area contributed by atoms with Crippen molar-refractivity contribution in [3.63, 3.8) is 0 Å². The third-order valence-corrected chi connectivity index (χ3v) is 5.86. The van der Waals surface area contributed by atoms with E-state index in [9.17, 15) is 4.79 Å². The number of aromatic amines is 1. The van der Waals surface area contributed by atoms with Gasteiger partial charge in [-0.25, -0.2) is 0 Å². The van der Waals surface area contributed by atoms with Gasteiger partial charge >= 0.3 is 0 Å². The normalized spacial score (nSPS) is 10.8. The number of rotatable bonds is 9. The summed E-state index contributed by atoms with van der Waals surface area (Å²) in [6.07, 6.45) is 3.29. The predicted molar refractivity (Wildman–Crippen MR) is 131 cm³/mol. The van der Waals surface area contributed by atoms with Crippen LogP contribution in [0.1, 0.15) is 31.7 Å². The molecule has 1 amide bonds. The van der Waals surface area contributed by atoms with Gasteiger partial charge in [0.25, 0.3) is 0 Å². The maximum atomic E-state index is 12.3. The lowest BCUT2D eigenvalue weighted by Crippen LogP contribution is -2.27. The highest BCUT2D eigenvalue weighted by molar-refractivity contribution is 5.82. The van der Waals surface area contributed by atoms with Crippen molar-refractivity contribution in [2.45, 2.75) is 32.6 Å². The van der Waals surface area contributed by atoms with Gasteiger partial charge in [-0.3, -0.25) is 4.79 Å². The Hall–Kier alpha value is -3.80. The van der Waals surface area contributed by atoms with Gasteiger partial charge in [-0.1, -0.05) is 79.7 Å². The average molecular weight is 440 g/mol. The fourth-order valence-corrected chi connectivity index (χ4v) is 4.14. The van der Waals surface area contributed by atoms with Crippen LogP contribution in [-0.4, -0.2) is 45.0 Å². The van der Waals surface area contributed by atoms with Crippen LogP contribution in [0.4, 0.5) is 0 Å². The van der Waals surface area contributed by atoms with Gasteiger partial charge in [-0.05, 0) is 52.3 Å². The Kier molecular flexibility index (Phi) is 7.25. The van der Waals surface area contributed by atoms with Crippen LogP contribution in [-0.2, 0) is 11.2 Å². The van der Waals surface area contributed by atoms with Crippen LogP contribution in [0.2, 0.25) is 0 Å². The number of tetrazole rings is 1. The van der Waals surface area contributed by atoms with Crippen molar-refractivity contribution in [3.8, 4) is 33.6 Å². The van der Waals surface area contributed by atoms with Crippen LogP contribution in [0.15, 0.2) is 72.8 Å². The Morgan fingerprint density at radius 2 is 1.52 bits per heavy atom. The largest absolute Gasteiger partial charge is 0.346 e. The molecule has 0 unspecified atom stereocenters. The second kappa shape index (κ2) is 10.7. The van der Waals surface area contributed by atoms with E-state index in [1.54, 1.807) is 0 Å². The van der Waals surface area contributed by atoms with Gasteiger partial charge in [-0.2, -0.15) is 5.21 Å². The van der Waals surface area contributed by atoms with Crippen molar-refractivity contribution < 1.29 is 4.79 Å². The van der Waals surface area contributed by atoms with E-state index >= 15 is 0 Å². The molecule has 6 nitrogen and oxygen atoms in total. The van der Waals surface area contributed by atoms with Gasteiger partial charge in [0.1, 0.15) is 0 Å². The molecule has 0 saturated heterocycles. The molecule has 1 heterocycles. The number of H-pyrrole nitrogens is 1. The molecule has 0 atom stereocenters. The first kappa shape index (κ1) is 22.4. The number of amides is 1. The van der Waals surface area contributed by atoms with E-state index in [1.807, 2.05) is 30.1 Å². The van der Waals surface area contributed by atoms with Crippen LogP contribution >= 0.6 is 0 Å². The Balaban J connectivity index is 1.51. The van der Waals surface area contributed by atoms with Crippen LogP contribution in [0, 0.1) is 0 Å². The molecule has 0 aliphatic rings. The third-order valence-electron chi connectivity index (χ3n) is 5.86. The third kappa shape index (κ3) is 5.34. The first-order chi connectivity index (χ1) is 16.2. The number of hydrogen-bond acceptors (Lipinski definition) is 4. The minimum Gasteiger partial charge on any atom is -0.346 e. The number of carbonyl (C=O) groups is 1. The molecule has 3 aromatic carbocycles. The molecular formula is C27H29N5O. The number of aromatic nitrogens is 4. The lowest BCUT2D eigenvalue weighted by atomic mass is 9.93. The summed E-state index contributed by atoms with van der Waals surface area (Å²) < 4.78 is 0. The summed E-state index contributed by atoms with van der Waals surface area (Å²) in [5, 5.41) is 14.5. The Labute approximate surface area is 194 Å². The highest BCUT2D eigenvalue weighted by atomic mass is 16.2. The first-order valence-electron chi connectivity index (χ1n) is 11.4. The smallest absolute Gasteiger partial charge is 0.222 e. The second-order valence-corrected chi connectivity index (χ2v) is 8.18. The van der Waals surface area contributed by atoms with Crippen molar-refractivity contribution in [1.82, 2.24) is 25.5 Å². The Morgan fingerprint density at radius 3 is 2.18 bits per heavy atom. The molecule has 0 bridgehead atoms. The van der Waals surface area contributed by atoms with E-state index in [0.717, 1.165) is 42.5 Å². The van der Waals surface area contributed by atoms with Crippen molar-refractivity contribution in [1.29, 1.82) is 0 Å². The zero-order valence-corrected chi connectivity index (χ0v) is 19.2. The summed E-state index contributed by atoms with van der Waals surface area (Å²) in [4.78, 5) is 14.1. The number of aryl methyl sites for hydroxylation is 1. The molecular weight excluding hydrogens is 410 g/mol. The molecule has 6 heteroatoms. The maximum absolute atomic E-state index is 12.3. The van der Waals surface area contributed by atoms with Gasteiger partial charge in [0.15, 0.2) is 0 Å². The maximum Gasteiger partial charge on any atom is 0.222 e. The average Bonchev–Trinajstić information content (AvgIpc) is 3.39. The van der Waals surface area contributed by atoms with E-state index in [0.29, 0.717) is 12.2 Å². The molecule has 168 valence electrons. The summed E-state index contributed by atoms with van der Waals surface area (Å²) in [5.74, 6) is 0.804. The zero-order valence-electron chi connectivity index (χ0n) is 19.2. The highest BCUT2D eigenvalue weighted by Crippen LogP contribution is 2.32. The van der Waals surface area contributed by atoms with Gasteiger partial charge in [0, 0.05) is 25.6 Å². The molecule has 1 N–H and O–H groups in total. The highest BCUT2D eigenvalue weighted by Gasteiger charge is 2.12. The van der Waals surface area contributed by atoms with Crippen molar-refractivity contribution in [2.75, 3.05) is 13.6 Å². The molecule has 0 fully saturated rings. The van der Waals surface area contributed by atoms with Gasteiger partial charge in [0.2, 0.25) is 11.7 Å². The van der Waals surface area contributed by atoms with Crippen molar-refractivity contribution >= 4 is 5.91 Å². The fraction of sp³-hybridized carbons (Fsp3) is 0.259. The fourth-order valence-electron chi connectivity index (χ4n) is 4.14. The lowest BCUT2D eigenvalue weighted by molar-refractivity contribution is -0.130. The van der Waals surface area contributed by atoms with E-state index < -0.39 is 0 Å². The molecule has 0 spiro atoms. The minimum atomic E-state index is 0.221. The number of carbonyl (C=O) groups excluding carboxylic acids is 1. The first-order valence-corrected chi connectivity index (χ1v) is 11.4. The summed E-state index contributed by atoms with van der Waals surface area (Å²) in [7, 11) is 1.89. The molecule has 1 aromatic heterocycles. The Bertz CT molecular complexity index is 1190. The van der Waals surface area contributed by atoms with Crippen LogP contribution < -0.4 is 0 Å². The molecule has 0 radical (unpaired) electrons. The quantitative estimate of drug-likeness (QED) is 0.379. The number of benzene rings is 3. The summed E-state index contributed by atoms with van der Waals surface area (Å²) in [6.45, 7) is 2.91. The van der Waals surface area contributed by atoms with E-state index in [1.165, 1.54) is 16.7 Å². The SMILES string of the molecule is CCCN(C)C(=O)CCCc1ccccc1-c1ccc(-c2ccccc2-c2nn[nH]n2)cc1. The topological polar surface area (TPSA) is 74.8 Å². The zero-order chi connectivity index (χ0) is 23.0. The van der Waals surface area contributed by atoms with Crippen LogP contribution in [0.3, 0.4) is 0 Å². The monoisotopic (exact) mass is 439 g/mol. The molecule has 4 rings (SSSR count). The number of nitrogens with one attached hydrogen (secondary N) is 1. The molecule has 33 heavy (non-hydrogen) atoms. The van der Waals surface area contributed by atoms with Gasteiger partial charge in [0.05, 0.1) is 0 Å². The second-order valence-electron chi connectivity index (χ2n) is 8.18. The van der Waals surface area contributed by atoms with Crippen LogP contribution in [0.5, 0.6) is 0 Å². The van der Waals surface area contributed by atoms with Crippen LogP contribution in [0.25, 0.3) is 33.6 Å². The molecule has 0 aliphatic heterocycles. The Morgan fingerprint density at radius 1 is 0.879 bits per heavy atom. The predicted octanol–water partition coefficient (Wildman–Crippen LogP) is 5.39. The summed E-state index contributed by atoms with van der Waals surface area (Å²) in [5.41, 5.74) is 6.75. The number of nitrogens with zero attached hydrogens (tertiary/aromatic N) is 4. The summed E-state index contributed by atoms with van der Waals surface area (Å²) >= 11 is 0. The lowest BCUT2D eigenvalue weighted by Gasteiger charge is -2.16. The van der Waals surface area contributed by atoms with Crippen molar-refractivity contribution in [2.24, 2.45) is 0 Å². The van der Waals surface area contributed by atoms with Crippen molar-refractivity contribution in [3.05, 3.63) is 78.4 Å².